The van der Waals surface area contributed by atoms with Crippen molar-refractivity contribution in [3.05, 3.63) is 52.3 Å². The van der Waals surface area contributed by atoms with Crippen LogP contribution in [0.5, 0.6) is 11.5 Å². The molecular formula is C23H24ClN3O2. The molecule has 2 aromatic carbocycles. The average molecular weight is 410 g/mol. The van der Waals surface area contributed by atoms with E-state index in [-0.39, 0.29) is 6.10 Å². The van der Waals surface area contributed by atoms with E-state index in [4.69, 9.17) is 21.1 Å². The Labute approximate surface area is 175 Å². The second-order valence-corrected chi connectivity index (χ2v) is 7.28. The maximum atomic E-state index is 9.70. The first-order valence-corrected chi connectivity index (χ1v) is 10.0. The number of imidazole rings is 1. The van der Waals surface area contributed by atoms with E-state index in [0.29, 0.717) is 34.5 Å². The van der Waals surface area contributed by atoms with Gasteiger partial charge in [0.2, 0.25) is 0 Å². The Hall–Kier alpha value is -2.97. The fraction of sp³-hybridized carbons (Fsp3) is 0.304. The van der Waals surface area contributed by atoms with Gasteiger partial charge in [-0.3, -0.25) is 0 Å². The van der Waals surface area contributed by atoms with Crippen molar-refractivity contribution in [2.24, 2.45) is 0 Å². The second-order valence-electron chi connectivity index (χ2n) is 6.88. The van der Waals surface area contributed by atoms with E-state index in [9.17, 15) is 5.26 Å². The minimum Gasteiger partial charge on any atom is -0.490 e. The van der Waals surface area contributed by atoms with Crippen molar-refractivity contribution in [3.8, 4) is 17.6 Å². The molecule has 0 aliphatic carbocycles. The summed E-state index contributed by atoms with van der Waals surface area (Å²) in [6, 6.07) is 11.8. The van der Waals surface area contributed by atoms with Crippen molar-refractivity contribution in [3.63, 3.8) is 0 Å². The van der Waals surface area contributed by atoms with Gasteiger partial charge in [0.1, 0.15) is 11.9 Å². The monoisotopic (exact) mass is 409 g/mol. The summed E-state index contributed by atoms with van der Waals surface area (Å²) in [4.78, 5) is 7.75. The number of fused-ring (bicyclic) bond motifs is 1. The van der Waals surface area contributed by atoms with Crippen LogP contribution in [0.4, 0.5) is 0 Å². The molecule has 0 saturated heterocycles. The Morgan fingerprint density at radius 3 is 2.79 bits per heavy atom. The Morgan fingerprint density at radius 1 is 1.31 bits per heavy atom. The predicted octanol–water partition coefficient (Wildman–Crippen LogP) is 6.16. The van der Waals surface area contributed by atoms with Crippen molar-refractivity contribution in [1.82, 2.24) is 9.97 Å². The fourth-order valence-electron chi connectivity index (χ4n) is 2.90. The number of aromatic nitrogens is 2. The summed E-state index contributed by atoms with van der Waals surface area (Å²) >= 11 is 6.49. The third kappa shape index (κ3) is 4.72. The van der Waals surface area contributed by atoms with E-state index in [1.165, 1.54) is 0 Å². The van der Waals surface area contributed by atoms with E-state index >= 15 is 0 Å². The number of ether oxygens (including phenoxy) is 2. The summed E-state index contributed by atoms with van der Waals surface area (Å²) in [5, 5.41) is 10.1. The quantitative estimate of drug-likeness (QED) is 0.474. The van der Waals surface area contributed by atoms with Crippen molar-refractivity contribution in [2.75, 3.05) is 6.61 Å². The number of halogens is 1. The summed E-state index contributed by atoms with van der Waals surface area (Å²) in [5.41, 5.74) is 3.99. The van der Waals surface area contributed by atoms with Crippen molar-refractivity contribution in [2.45, 2.75) is 40.2 Å². The molecule has 29 heavy (non-hydrogen) atoms. The van der Waals surface area contributed by atoms with Crippen LogP contribution >= 0.6 is 11.6 Å². The Kier molecular flexibility index (Phi) is 6.46. The maximum Gasteiger partial charge on any atom is 0.180 e. The number of nitrogens with zero attached hydrogens (tertiary/aromatic N) is 2. The molecular weight excluding hydrogens is 386 g/mol. The third-order valence-corrected chi connectivity index (χ3v) is 4.83. The van der Waals surface area contributed by atoms with Gasteiger partial charge in [-0.15, -0.1) is 0 Å². The van der Waals surface area contributed by atoms with Gasteiger partial charge < -0.3 is 14.5 Å². The van der Waals surface area contributed by atoms with Crippen molar-refractivity contribution >= 4 is 34.3 Å². The normalized spacial score (nSPS) is 12.6. The van der Waals surface area contributed by atoms with E-state index < -0.39 is 0 Å². The summed E-state index contributed by atoms with van der Waals surface area (Å²) in [5.74, 6) is 1.60. The number of aromatic amines is 1. The van der Waals surface area contributed by atoms with Gasteiger partial charge in [-0.2, -0.15) is 5.26 Å². The summed E-state index contributed by atoms with van der Waals surface area (Å²) < 4.78 is 11.7. The molecule has 0 saturated carbocycles. The highest BCUT2D eigenvalue weighted by Crippen LogP contribution is 2.38. The molecule has 1 atom stereocenters. The summed E-state index contributed by atoms with van der Waals surface area (Å²) in [6.07, 6.45) is 2.61. The van der Waals surface area contributed by atoms with E-state index in [2.05, 4.69) is 16.0 Å². The standard InChI is InChI=1S/C23H24ClN3O2/c1-5-15(4)29-22-18(24)11-16(12-21(22)28-6-2)10-17(13-25)23-26-19-8-7-14(3)9-20(19)27-23/h7-12,15H,5-6H2,1-4H3,(H,26,27). The molecule has 1 N–H and O–H groups in total. The molecule has 1 aromatic heterocycles. The Bertz CT molecular complexity index is 1100. The molecule has 0 bridgehead atoms. The van der Waals surface area contributed by atoms with Crippen LogP contribution in [-0.4, -0.2) is 22.7 Å². The molecule has 0 aliphatic heterocycles. The number of H-pyrrole nitrogens is 1. The van der Waals surface area contributed by atoms with Crippen molar-refractivity contribution in [1.29, 1.82) is 5.26 Å². The molecule has 0 fully saturated rings. The van der Waals surface area contributed by atoms with Crippen LogP contribution in [0.25, 0.3) is 22.7 Å². The van der Waals surface area contributed by atoms with Gasteiger partial charge in [0.25, 0.3) is 0 Å². The van der Waals surface area contributed by atoms with Gasteiger partial charge in [-0.1, -0.05) is 24.6 Å². The highest BCUT2D eigenvalue weighted by Gasteiger charge is 2.16. The molecule has 0 radical (unpaired) electrons. The second kappa shape index (κ2) is 9.02. The highest BCUT2D eigenvalue weighted by atomic mass is 35.5. The number of hydrogen-bond acceptors (Lipinski definition) is 4. The van der Waals surface area contributed by atoms with Gasteiger partial charge in [-0.05, 0) is 68.7 Å². The number of allylic oxidation sites excluding steroid dienone is 1. The first-order chi connectivity index (χ1) is 13.9. The molecule has 0 amide bonds. The summed E-state index contributed by atoms with van der Waals surface area (Å²) in [6.45, 7) is 8.43. The SMILES string of the molecule is CCOc1cc(C=C(C#N)c2nc3ccc(C)cc3[nH]2)cc(Cl)c1OC(C)CC. The largest absolute Gasteiger partial charge is 0.490 e. The van der Waals surface area contributed by atoms with E-state index in [0.717, 1.165) is 28.6 Å². The first-order valence-electron chi connectivity index (χ1n) is 9.66. The minimum atomic E-state index is 0.0155. The number of nitriles is 1. The zero-order valence-electron chi connectivity index (χ0n) is 17.0. The van der Waals surface area contributed by atoms with E-state index in [1.54, 1.807) is 12.1 Å². The van der Waals surface area contributed by atoms with Gasteiger partial charge in [-0.25, -0.2) is 4.98 Å². The van der Waals surface area contributed by atoms with Crippen LogP contribution in [0.15, 0.2) is 30.3 Å². The van der Waals surface area contributed by atoms with Crippen LogP contribution < -0.4 is 9.47 Å². The van der Waals surface area contributed by atoms with Crippen LogP contribution in [-0.2, 0) is 0 Å². The van der Waals surface area contributed by atoms with Crippen LogP contribution in [0.3, 0.4) is 0 Å². The smallest absolute Gasteiger partial charge is 0.180 e. The molecule has 1 heterocycles. The Balaban J connectivity index is 2.03. The predicted molar refractivity (Wildman–Crippen MR) is 117 cm³/mol. The lowest BCUT2D eigenvalue weighted by Gasteiger charge is -2.18. The topological polar surface area (TPSA) is 70.9 Å². The lowest BCUT2D eigenvalue weighted by atomic mass is 10.1. The highest BCUT2D eigenvalue weighted by molar-refractivity contribution is 6.32. The first kappa shape index (κ1) is 20.8. The van der Waals surface area contributed by atoms with Gasteiger partial charge in [0.05, 0.1) is 34.3 Å². The van der Waals surface area contributed by atoms with Gasteiger partial charge >= 0.3 is 0 Å². The van der Waals surface area contributed by atoms with Gasteiger partial charge in [0.15, 0.2) is 11.5 Å². The number of nitrogens with one attached hydrogen (secondary N) is 1. The zero-order valence-corrected chi connectivity index (χ0v) is 17.8. The molecule has 5 nitrogen and oxygen atoms in total. The van der Waals surface area contributed by atoms with Gasteiger partial charge in [0, 0.05) is 0 Å². The molecule has 1 unspecified atom stereocenters. The van der Waals surface area contributed by atoms with E-state index in [1.807, 2.05) is 52.0 Å². The summed E-state index contributed by atoms with van der Waals surface area (Å²) in [7, 11) is 0. The lowest BCUT2D eigenvalue weighted by Crippen LogP contribution is -2.11. The zero-order chi connectivity index (χ0) is 21.0. The average Bonchev–Trinajstić information content (AvgIpc) is 3.11. The van der Waals surface area contributed by atoms with Crippen LogP contribution in [0.1, 0.15) is 44.1 Å². The fourth-order valence-corrected chi connectivity index (χ4v) is 3.17. The number of hydrogen-bond donors (Lipinski definition) is 1. The van der Waals surface area contributed by atoms with Crippen LogP contribution in [0.2, 0.25) is 5.02 Å². The lowest BCUT2D eigenvalue weighted by molar-refractivity contribution is 0.203. The molecule has 6 heteroatoms. The number of aryl methyl sites for hydroxylation is 1. The molecule has 3 rings (SSSR count). The minimum absolute atomic E-state index is 0.0155. The third-order valence-electron chi connectivity index (χ3n) is 4.55. The van der Waals surface area contributed by atoms with Crippen LogP contribution in [0, 0.1) is 18.3 Å². The molecule has 3 aromatic rings. The molecule has 0 aliphatic rings. The molecule has 0 spiro atoms. The Morgan fingerprint density at radius 2 is 2.10 bits per heavy atom. The maximum absolute atomic E-state index is 9.70. The number of benzene rings is 2. The number of rotatable bonds is 7. The van der Waals surface area contributed by atoms with Crippen molar-refractivity contribution < 1.29 is 9.47 Å². The molecule has 150 valence electrons.